The maximum absolute atomic E-state index is 11.1. The monoisotopic (exact) mass is 168 g/mol. The molecule has 0 spiro atoms. The third-order valence-corrected chi connectivity index (χ3v) is 1.53. The minimum Gasteiger partial charge on any atom is -0.396 e. The van der Waals surface area contributed by atoms with E-state index in [-0.39, 0.29) is 12.2 Å². The van der Waals surface area contributed by atoms with Crippen LogP contribution in [-0.2, 0) is 6.54 Å². The van der Waals surface area contributed by atoms with Gasteiger partial charge < -0.3 is 5.11 Å². The summed E-state index contributed by atoms with van der Waals surface area (Å²) in [5, 5.41) is 12.5. The molecule has 0 radical (unpaired) electrons. The molecule has 1 aromatic rings. The van der Waals surface area contributed by atoms with Crippen LogP contribution in [0.15, 0.2) is 16.9 Å². The number of hydrogen-bond acceptors (Lipinski definition) is 3. The van der Waals surface area contributed by atoms with E-state index >= 15 is 0 Å². The molecule has 0 unspecified atom stereocenters. The van der Waals surface area contributed by atoms with Gasteiger partial charge in [0.2, 0.25) is 0 Å². The van der Waals surface area contributed by atoms with Crippen LogP contribution in [0.3, 0.4) is 0 Å². The average Bonchev–Trinajstić information content (AvgIpc) is 2.07. The van der Waals surface area contributed by atoms with E-state index in [1.807, 2.05) is 6.92 Å². The van der Waals surface area contributed by atoms with E-state index in [1.165, 1.54) is 10.7 Å². The molecular weight excluding hydrogens is 156 g/mol. The highest BCUT2D eigenvalue weighted by atomic mass is 16.3. The lowest BCUT2D eigenvalue weighted by molar-refractivity contribution is 0.275. The summed E-state index contributed by atoms with van der Waals surface area (Å²) in [5.74, 6) is 0. The smallest absolute Gasteiger partial charge is 0.266 e. The lowest BCUT2D eigenvalue weighted by Gasteiger charge is -2.02. The van der Waals surface area contributed by atoms with Crippen molar-refractivity contribution in [2.45, 2.75) is 19.9 Å². The number of aliphatic hydroxyl groups is 1. The van der Waals surface area contributed by atoms with Crippen LogP contribution >= 0.6 is 0 Å². The molecule has 0 aliphatic rings. The Morgan fingerprint density at radius 2 is 2.33 bits per heavy atom. The van der Waals surface area contributed by atoms with Gasteiger partial charge in [-0.05, 0) is 19.4 Å². The van der Waals surface area contributed by atoms with Crippen LogP contribution in [0.4, 0.5) is 0 Å². The van der Waals surface area contributed by atoms with Gasteiger partial charge in [-0.3, -0.25) is 4.79 Å². The number of hydrogen-bond donors (Lipinski definition) is 1. The van der Waals surface area contributed by atoms with Gasteiger partial charge in [0, 0.05) is 19.2 Å². The van der Waals surface area contributed by atoms with Gasteiger partial charge in [-0.15, -0.1) is 0 Å². The Morgan fingerprint density at radius 1 is 1.58 bits per heavy atom. The average molecular weight is 168 g/mol. The molecule has 1 rings (SSSR count). The van der Waals surface area contributed by atoms with Crippen LogP contribution in [0.2, 0.25) is 0 Å². The van der Waals surface area contributed by atoms with Crippen LogP contribution in [0, 0.1) is 6.92 Å². The first kappa shape index (κ1) is 8.93. The van der Waals surface area contributed by atoms with E-state index < -0.39 is 0 Å². The maximum atomic E-state index is 11.1. The molecule has 1 aromatic heterocycles. The van der Waals surface area contributed by atoms with Crippen molar-refractivity contribution in [3.8, 4) is 0 Å². The van der Waals surface area contributed by atoms with Crippen molar-refractivity contribution >= 4 is 0 Å². The third kappa shape index (κ3) is 2.17. The van der Waals surface area contributed by atoms with Crippen molar-refractivity contribution < 1.29 is 5.11 Å². The molecule has 66 valence electrons. The Labute approximate surface area is 70.5 Å². The minimum absolute atomic E-state index is 0.0854. The molecule has 0 fully saturated rings. The summed E-state index contributed by atoms with van der Waals surface area (Å²) in [6.07, 6.45) is 0.566. The highest BCUT2D eigenvalue weighted by Crippen LogP contribution is 1.87. The quantitative estimate of drug-likeness (QED) is 0.687. The van der Waals surface area contributed by atoms with Crippen molar-refractivity contribution in [2.75, 3.05) is 6.61 Å². The van der Waals surface area contributed by atoms with Gasteiger partial charge in [0.15, 0.2) is 0 Å². The van der Waals surface area contributed by atoms with Crippen molar-refractivity contribution in [2.24, 2.45) is 0 Å². The van der Waals surface area contributed by atoms with E-state index in [2.05, 4.69) is 5.10 Å². The normalized spacial score (nSPS) is 10.2. The second kappa shape index (κ2) is 4.01. The SMILES string of the molecule is Cc1ccc(=O)n(CCCO)n1. The number of rotatable bonds is 3. The van der Waals surface area contributed by atoms with E-state index in [0.29, 0.717) is 13.0 Å². The molecule has 0 aromatic carbocycles. The number of aryl methyl sites for hydroxylation is 2. The van der Waals surface area contributed by atoms with E-state index in [4.69, 9.17) is 5.11 Å². The Morgan fingerprint density at radius 3 is 3.00 bits per heavy atom. The molecule has 1 N–H and O–H groups in total. The fraction of sp³-hybridized carbons (Fsp3) is 0.500. The molecule has 0 bridgehead atoms. The van der Waals surface area contributed by atoms with Gasteiger partial charge in [0.25, 0.3) is 5.56 Å². The van der Waals surface area contributed by atoms with Gasteiger partial charge in [-0.2, -0.15) is 5.10 Å². The first-order valence-corrected chi connectivity index (χ1v) is 3.89. The van der Waals surface area contributed by atoms with Gasteiger partial charge in [-0.25, -0.2) is 4.68 Å². The van der Waals surface area contributed by atoms with Crippen LogP contribution < -0.4 is 5.56 Å². The van der Waals surface area contributed by atoms with Crippen LogP contribution in [0.25, 0.3) is 0 Å². The Bertz CT molecular complexity index is 306. The molecule has 0 atom stereocenters. The van der Waals surface area contributed by atoms with Crippen LogP contribution in [0.5, 0.6) is 0 Å². The summed E-state index contributed by atoms with van der Waals surface area (Å²) >= 11 is 0. The summed E-state index contributed by atoms with van der Waals surface area (Å²) in [6.45, 7) is 2.40. The summed E-state index contributed by atoms with van der Waals surface area (Å²) in [5.41, 5.74) is 0.696. The van der Waals surface area contributed by atoms with Gasteiger partial charge in [-0.1, -0.05) is 0 Å². The van der Waals surface area contributed by atoms with Crippen LogP contribution in [0.1, 0.15) is 12.1 Å². The topological polar surface area (TPSA) is 55.1 Å². The highest BCUT2D eigenvalue weighted by Gasteiger charge is 1.95. The summed E-state index contributed by atoms with van der Waals surface area (Å²) < 4.78 is 1.37. The summed E-state index contributed by atoms with van der Waals surface area (Å²) in [7, 11) is 0. The first-order valence-electron chi connectivity index (χ1n) is 3.89. The van der Waals surface area contributed by atoms with Crippen molar-refractivity contribution in [3.63, 3.8) is 0 Å². The number of aromatic nitrogens is 2. The van der Waals surface area contributed by atoms with Crippen molar-refractivity contribution in [1.82, 2.24) is 9.78 Å². The molecule has 0 aliphatic carbocycles. The third-order valence-electron chi connectivity index (χ3n) is 1.53. The Balaban J connectivity index is 2.83. The molecule has 0 amide bonds. The molecule has 4 nitrogen and oxygen atoms in total. The summed E-state index contributed by atoms with van der Waals surface area (Å²) in [6, 6.07) is 3.16. The molecule has 1 heterocycles. The Kier molecular flexibility index (Phi) is 2.99. The van der Waals surface area contributed by atoms with Crippen LogP contribution in [-0.4, -0.2) is 21.5 Å². The maximum Gasteiger partial charge on any atom is 0.266 e. The zero-order valence-corrected chi connectivity index (χ0v) is 7.03. The fourth-order valence-corrected chi connectivity index (χ4v) is 0.932. The predicted octanol–water partition coefficient (Wildman–Crippen LogP) is -0.0659. The standard InChI is InChI=1S/C8H12N2O2/c1-7-3-4-8(12)10(9-7)5-2-6-11/h3-4,11H,2,5-6H2,1H3. The van der Waals surface area contributed by atoms with E-state index in [1.54, 1.807) is 6.07 Å². The van der Waals surface area contributed by atoms with Gasteiger partial charge in [0.05, 0.1) is 5.69 Å². The van der Waals surface area contributed by atoms with Crippen molar-refractivity contribution in [1.29, 1.82) is 0 Å². The summed E-state index contributed by atoms with van der Waals surface area (Å²) in [4.78, 5) is 11.1. The van der Waals surface area contributed by atoms with Gasteiger partial charge in [0.1, 0.15) is 0 Å². The number of aliphatic hydroxyl groups excluding tert-OH is 1. The zero-order valence-electron chi connectivity index (χ0n) is 7.03. The van der Waals surface area contributed by atoms with E-state index in [9.17, 15) is 4.79 Å². The first-order chi connectivity index (χ1) is 5.74. The largest absolute Gasteiger partial charge is 0.396 e. The molecule has 4 heteroatoms. The molecule has 12 heavy (non-hydrogen) atoms. The van der Waals surface area contributed by atoms with Gasteiger partial charge >= 0.3 is 0 Å². The zero-order chi connectivity index (χ0) is 8.97. The lowest BCUT2D eigenvalue weighted by atomic mass is 10.4. The molecule has 0 saturated heterocycles. The van der Waals surface area contributed by atoms with Crippen molar-refractivity contribution in [3.05, 3.63) is 28.2 Å². The molecule has 0 aliphatic heterocycles. The second-order valence-corrected chi connectivity index (χ2v) is 2.61. The number of nitrogens with zero attached hydrogens (tertiary/aromatic N) is 2. The second-order valence-electron chi connectivity index (χ2n) is 2.61. The van der Waals surface area contributed by atoms with E-state index in [0.717, 1.165) is 5.69 Å². The highest BCUT2D eigenvalue weighted by molar-refractivity contribution is 4.96. The predicted molar refractivity (Wildman–Crippen MR) is 44.9 cm³/mol. The fourth-order valence-electron chi connectivity index (χ4n) is 0.932. The lowest BCUT2D eigenvalue weighted by Crippen LogP contribution is -2.22. The Hall–Kier alpha value is -1.16. The molecule has 0 saturated carbocycles. The minimum atomic E-state index is -0.117. The molecular formula is C8H12N2O2.